The van der Waals surface area contributed by atoms with E-state index in [1.54, 1.807) is 0 Å². The summed E-state index contributed by atoms with van der Waals surface area (Å²) in [5.74, 6) is -1.45. The minimum Gasteiger partial charge on any atom is -0.465 e. The molecule has 0 fully saturated rings. The number of halogens is 6. The number of pyridine rings is 1. The zero-order chi connectivity index (χ0) is 17.2. The lowest BCUT2D eigenvalue weighted by Crippen LogP contribution is -2.23. The van der Waals surface area contributed by atoms with Gasteiger partial charge in [-0.2, -0.15) is 13.2 Å². The zero-order valence-electron chi connectivity index (χ0n) is 11.2. The monoisotopic (exact) mass is 345 g/mol. The van der Waals surface area contributed by atoms with E-state index in [2.05, 4.69) is 9.72 Å². The van der Waals surface area contributed by atoms with Gasteiger partial charge < -0.3 is 4.74 Å². The van der Waals surface area contributed by atoms with E-state index in [1.165, 1.54) is 6.92 Å². The van der Waals surface area contributed by atoms with Crippen molar-refractivity contribution in [3.05, 3.63) is 28.1 Å². The molecule has 0 aliphatic heterocycles. The maximum Gasteiger partial charge on any atom is 0.434 e. The quantitative estimate of drug-likeness (QED) is 0.473. The number of nitrogens with zero attached hydrogens (tertiary/aromatic N) is 1. The van der Waals surface area contributed by atoms with Gasteiger partial charge in [0.15, 0.2) is 5.69 Å². The van der Waals surface area contributed by atoms with Crippen molar-refractivity contribution < 1.29 is 36.3 Å². The third-order valence-corrected chi connectivity index (χ3v) is 2.93. The Labute approximate surface area is 126 Å². The zero-order valence-corrected chi connectivity index (χ0v) is 12.0. The van der Waals surface area contributed by atoms with Crippen molar-refractivity contribution in [1.29, 1.82) is 0 Å². The van der Waals surface area contributed by atoms with E-state index in [4.69, 9.17) is 11.6 Å². The molecule has 0 spiro atoms. The lowest BCUT2D eigenvalue weighted by Gasteiger charge is -2.18. The van der Waals surface area contributed by atoms with E-state index in [9.17, 15) is 31.5 Å². The second kappa shape index (κ2) is 6.55. The van der Waals surface area contributed by atoms with Gasteiger partial charge in [-0.05, 0) is 23.6 Å². The van der Waals surface area contributed by atoms with Crippen LogP contribution in [0.1, 0.15) is 51.0 Å². The highest BCUT2D eigenvalue weighted by Gasteiger charge is 2.42. The van der Waals surface area contributed by atoms with E-state index in [1.807, 2.05) is 0 Å². The molecule has 10 heteroatoms. The Hall–Kier alpha value is -1.77. The topological polar surface area (TPSA) is 56.3 Å². The fourth-order valence-electron chi connectivity index (χ4n) is 1.91. The van der Waals surface area contributed by atoms with E-state index >= 15 is 0 Å². The van der Waals surface area contributed by atoms with E-state index in [0.717, 1.165) is 7.11 Å². The van der Waals surface area contributed by atoms with Crippen molar-refractivity contribution in [2.75, 3.05) is 7.11 Å². The first kappa shape index (κ1) is 18.3. The summed E-state index contributed by atoms with van der Waals surface area (Å²) in [7, 11) is 0.811. The molecule has 1 heterocycles. The van der Waals surface area contributed by atoms with Crippen LogP contribution < -0.4 is 0 Å². The molecule has 0 aliphatic rings. The Morgan fingerprint density at radius 3 is 2.14 bits per heavy atom. The van der Waals surface area contributed by atoms with Crippen LogP contribution >= 0.6 is 11.6 Å². The second-order valence-corrected chi connectivity index (χ2v) is 4.33. The molecule has 0 amide bonds. The average molecular weight is 346 g/mol. The van der Waals surface area contributed by atoms with E-state index < -0.39 is 51.9 Å². The predicted molar refractivity (Wildman–Crippen MR) is 65.1 cm³/mol. The number of rotatable bonds is 4. The highest BCUT2D eigenvalue weighted by atomic mass is 35.5. The van der Waals surface area contributed by atoms with Crippen LogP contribution in [-0.4, -0.2) is 23.3 Å². The highest BCUT2D eigenvalue weighted by Crippen LogP contribution is 2.37. The number of ether oxygens (including phenoxy) is 1. The number of esters is 1. The van der Waals surface area contributed by atoms with Crippen molar-refractivity contribution in [3.63, 3.8) is 0 Å². The lowest BCUT2D eigenvalue weighted by molar-refractivity contribution is -0.142. The van der Waals surface area contributed by atoms with Crippen LogP contribution in [0.2, 0.25) is 0 Å². The summed E-state index contributed by atoms with van der Waals surface area (Å²) in [6.45, 7) is 1.28. The second-order valence-electron chi connectivity index (χ2n) is 3.99. The summed E-state index contributed by atoms with van der Waals surface area (Å²) in [5.41, 5.74) is -5.84. The molecule has 122 valence electrons. The smallest absolute Gasteiger partial charge is 0.434 e. The van der Waals surface area contributed by atoms with Crippen LogP contribution in [0, 0.1) is 0 Å². The number of carbonyl (C=O) groups excluding carboxylic acids is 2. The van der Waals surface area contributed by atoms with Crippen molar-refractivity contribution in [1.82, 2.24) is 4.98 Å². The molecule has 0 saturated carbocycles. The molecular formula is C12H9ClF5NO3. The minimum atomic E-state index is -5.19. The molecule has 0 aliphatic carbocycles. The summed E-state index contributed by atoms with van der Waals surface area (Å²) >= 11 is 5.18. The summed E-state index contributed by atoms with van der Waals surface area (Å²) in [4.78, 5) is 25.7. The predicted octanol–water partition coefficient (Wildman–Crippen LogP) is 3.77. The van der Waals surface area contributed by atoms with E-state index in [-0.39, 0.29) is 6.42 Å². The normalized spacial score (nSPS) is 11.7. The van der Waals surface area contributed by atoms with Crippen LogP contribution in [0.25, 0.3) is 0 Å². The maximum atomic E-state index is 13.0. The molecule has 0 aromatic carbocycles. The summed E-state index contributed by atoms with van der Waals surface area (Å²) in [5, 5.41) is -1.43. The average Bonchev–Trinajstić information content (AvgIpc) is 2.42. The van der Waals surface area contributed by atoms with Gasteiger partial charge in [-0.25, -0.2) is 18.6 Å². The lowest BCUT2D eigenvalue weighted by atomic mass is 9.96. The molecule has 0 atom stereocenters. The number of hydrogen-bond donors (Lipinski definition) is 0. The van der Waals surface area contributed by atoms with Gasteiger partial charge in [-0.15, -0.1) is 0 Å². The summed E-state index contributed by atoms with van der Waals surface area (Å²) in [6, 6.07) is 0. The molecular weight excluding hydrogens is 337 g/mol. The SMILES string of the molecule is CCc1c(C(=O)Cl)c(C(F)F)nc(C(F)(F)F)c1C(=O)OC. The highest BCUT2D eigenvalue weighted by molar-refractivity contribution is 6.68. The maximum absolute atomic E-state index is 13.0. The van der Waals surface area contributed by atoms with Gasteiger partial charge in [0.25, 0.3) is 11.7 Å². The Bertz CT molecular complexity index is 616. The van der Waals surface area contributed by atoms with Crippen LogP contribution in [0.3, 0.4) is 0 Å². The number of carbonyl (C=O) groups is 2. The molecule has 1 aromatic rings. The Kier molecular flexibility index (Phi) is 5.44. The van der Waals surface area contributed by atoms with Gasteiger partial charge in [-0.3, -0.25) is 4.79 Å². The van der Waals surface area contributed by atoms with Gasteiger partial charge in [0, 0.05) is 0 Å². The first-order valence-electron chi connectivity index (χ1n) is 5.76. The fourth-order valence-corrected chi connectivity index (χ4v) is 2.12. The first-order valence-corrected chi connectivity index (χ1v) is 6.14. The Balaban J connectivity index is 3.98. The number of methoxy groups -OCH3 is 1. The van der Waals surface area contributed by atoms with Crippen LogP contribution in [0.5, 0.6) is 0 Å². The van der Waals surface area contributed by atoms with Crippen molar-refractivity contribution >= 4 is 22.8 Å². The molecule has 4 nitrogen and oxygen atoms in total. The molecule has 0 N–H and O–H groups in total. The fraction of sp³-hybridized carbons (Fsp3) is 0.417. The number of aromatic nitrogens is 1. The molecule has 1 aromatic heterocycles. The third-order valence-electron chi connectivity index (χ3n) is 2.74. The van der Waals surface area contributed by atoms with Gasteiger partial charge in [-0.1, -0.05) is 6.92 Å². The molecule has 0 bridgehead atoms. The summed E-state index contributed by atoms with van der Waals surface area (Å²) < 4.78 is 69.1. The summed E-state index contributed by atoms with van der Waals surface area (Å²) in [6.07, 6.45) is -9.00. The van der Waals surface area contributed by atoms with Gasteiger partial charge in [0.05, 0.1) is 18.2 Å². The molecule has 1 rings (SSSR count). The van der Waals surface area contributed by atoms with Crippen LogP contribution in [-0.2, 0) is 17.3 Å². The van der Waals surface area contributed by atoms with Crippen LogP contribution in [0.4, 0.5) is 22.0 Å². The van der Waals surface area contributed by atoms with Crippen LogP contribution in [0.15, 0.2) is 0 Å². The number of alkyl halides is 5. The Morgan fingerprint density at radius 1 is 1.27 bits per heavy atom. The van der Waals surface area contributed by atoms with Crippen molar-refractivity contribution in [2.45, 2.75) is 25.9 Å². The number of hydrogen-bond acceptors (Lipinski definition) is 4. The molecule has 0 saturated heterocycles. The minimum absolute atomic E-state index is 0.330. The molecule has 0 radical (unpaired) electrons. The van der Waals surface area contributed by atoms with Gasteiger partial charge in [0.2, 0.25) is 0 Å². The van der Waals surface area contributed by atoms with E-state index in [0.29, 0.717) is 0 Å². The molecule has 0 unspecified atom stereocenters. The van der Waals surface area contributed by atoms with Crippen molar-refractivity contribution in [2.24, 2.45) is 0 Å². The largest absolute Gasteiger partial charge is 0.465 e. The third kappa shape index (κ3) is 3.34. The standard InChI is InChI=1S/C12H9ClF5NO3/c1-3-4-5(9(13)20)7(10(14)15)19-8(12(16,17)18)6(4)11(21)22-2/h10H,3H2,1-2H3. The van der Waals surface area contributed by atoms with Crippen molar-refractivity contribution in [3.8, 4) is 0 Å². The van der Waals surface area contributed by atoms with Gasteiger partial charge >= 0.3 is 12.1 Å². The first-order chi connectivity index (χ1) is 10.1. The molecule has 22 heavy (non-hydrogen) atoms. The Morgan fingerprint density at radius 2 is 1.82 bits per heavy atom. The van der Waals surface area contributed by atoms with Gasteiger partial charge in [0.1, 0.15) is 5.69 Å².